The number of carbonyl (C=O) groups excluding carboxylic acids is 2. The number of hydrogen-bond acceptors (Lipinski definition) is 4. The molecule has 3 rings (SSSR count). The molecule has 0 saturated carbocycles. The van der Waals surface area contributed by atoms with Gasteiger partial charge < -0.3 is 14.8 Å². The van der Waals surface area contributed by atoms with E-state index in [2.05, 4.69) is 10.0 Å². The topological polar surface area (TPSA) is 101 Å². The first-order chi connectivity index (χ1) is 13.3. The smallest absolute Gasteiger partial charge is 0.268 e. The highest BCUT2D eigenvalue weighted by Gasteiger charge is 2.27. The zero-order valence-electron chi connectivity index (χ0n) is 15.9. The average Bonchev–Trinajstić information content (AvgIpc) is 3.28. The second-order valence-corrected chi connectivity index (χ2v) is 8.65. The van der Waals surface area contributed by atoms with Crippen LogP contribution < -0.4 is 10.0 Å². The van der Waals surface area contributed by atoms with Crippen molar-refractivity contribution in [2.75, 3.05) is 20.1 Å². The van der Waals surface area contributed by atoms with Crippen molar-refractivity contribution in [1.29, 1.82) is 0 Å². The van der Waals surface area contributed by atoms with Gasteiger partial charge in [0.1, 0.15) is 10.6 Å². The lowest BCUT2D eigenvalue weighted by atomic mass is 10.1. The Morgan fingerprint density at radius 1 is 1.25 bits per heavy atom. The summed E-state index contributed by atoms with van der Waals surface area (Å²) in [6.07, 6.45) is 2.73. The van der Waals surface area contributed by atoms with E-state index in [1.807, 2.05) is 30.3 Å². The molecule has 0 bridgehead atoms. The highest BCUT2D eigenvalue weighted by Crippen LogP contribution is 2.20. The van der Waals surface area contributed by atoms with Gasteiger partial charge in [-0.1, -0.05) is 30.3 Å². The average molecular weight is 404 g/mol. The van der Waals surface area contributed by atoms with Gasteiger partial charge in [0, 0.05) is 32.8 Å². The molecular formula is C19H24N4O4S. The number of carbonyl (C=O) groups is 2. The van der Waals surface area contributed by atoms with Crippen LogP contribution in [0.4, 0.5) is 0 Å². The van der Waals surface area contributed by atoms with Crippen LogP contribution in [0.15, 0.2) is 47.5 Å². The summed E-state index contributed by atoms with van der Waals surface area (Å²) in [5.41, 5.74) is 1.11. The van der Waals surface area contributed by atoms with Crippen LogP contribution in [0.3, 0.4) is 0 Å². The first kappa shape index (κ1) is 20.1. The molecule has 8 nitrogen and oxygen atoms in total. The maximum absolute atomic E-state index is 12.9. The minimum Gasteiger partial charge on any atom is -0.345 e. The van der Waals surface area contributed by atoms with E-state index in [4.69, 9.17) is 0 Å². The van der Waals surface area contributed by atoms with Crippen molar-refractivity contribution >= 4 is 21.8 Å². The quantitative estimate of drug-likeness (QED) is 0.720. The molecule has 0 unspecified atom stereocenters. The fraction of sp³-hybridized carbons (Fsp3) is 0.368. The number of nitrogens with zero attached hydrogens (tertiary/aromatic N) is 2. The number of sulfonamides is 1. The van der Waals surface area contributed by atoms with Gasteiger partial charge >= 0.3 is 0 Å². The summed E-state index contributed by atoms with van der Waals surface area (Å²) >= 11 is 0. The van der Waals surface area contributed by atoms with Crippen molar-refractivity contribution in [2.24, 2.45) is 7.05 Å². The zero-order valence-corrected chi connectivity index (χ0v) is 16.7. The van der Waals surface area contributed by atoms with Crippen LogP contribution in [-0.4, -0.2) is 49.8 Å². The predicted molar refractivity (Wildman–Crippen MR) is 104 cm³/mol. The van der Waals surface area contributed by atoms with Gasteiger partial charge in [-0.25, -0.2) is 13.1 Å². The van der Waals surface area contributed by atoms with Crippen LogP contribution in [0.5, 0.6) is 0 Å². The first-order valence-corrected chi connectivity index (χ1v) is 10.5. The third-order valence-electron chi connectivity index (χ3n) is 4.87. The van der Waals surface area contributed by atoms with Gasteiger partial charge in [0.15, 0.2) is 0 Å². The summed E-state index contributed by atoms with van der Waals surface area (Å²) in [5.74, 6) is -0.322. The molecule has 0 aliphatic carbocycles. The number of rotatable bonds is 7. The number of aryl methyl sites for hydroxylation is 1. The lowest BCUT2D eigenvalue weighted by Gasteiger charge is -2.25. The number of likely N-dealkylation sites (tertiary alicyclic amines) is 1. The second kappa shape index (κ2) is 8.15. The fourth-order valence-corrected chi connectivity index (χ4v) is 4.09. The summed E-state index contributed by atoms with van der Waals surface area (Å²) in [6, 6.07) is 10.4. The minimum atomic E-state index is -3.64. The summed E-state index contributed by atoms with van der Waals surface area (Å²) in [4.78, 5) is 26.7. The van der Waals surface area contributed by atoms with Crippen LogP contribution in [0.25, 0.3) is 0 Å². The van der Waals surface area contributed by atoms with Crippen molar-refractivity contribution < 1.29 is 18.0 Å². The molecule has 1 aromatic heterocycles. The highest BCUT2D eigenvalue weighted by molar-refractivity contribution is 7.89. The first-order valence-electron chi connectivity index (χ1n) is 9.05. The van der Waals surface area contributed by atoms with E-state index in [9.17, 15) is 18.0 Å². The molecule has 0 spiro atoms. The SMILES string of the molecule is CNS(=O)(=O)c1cc(C(=O)N[C@@H](CN2CCCC2=O)c2ccccc2)n(C)c1. The molecule has 1 aliphatic rings. The second-order valence-electron chi connectivity index (χ2n) is 6.76. The van der Waals surface area contributed by atoms with Crippen LogP contribution in [-0.2, 0) is 21.9 Å². The maximum Gasteiger partial charge on any atom is 0.268 e. The van der Waals surface area contributed by atoms with E-state index in [-0.39, 0.29) is 16.5 Å². The monoisotopic (exact) mass is 404 g/mol. The summed E-state index contributed by atoms with van der Waals surface area (Å²) in [5, 5.41) is 2.95. The Morgan fingerprint density at radius 2 is 1.96 bits per heavy atom. The van der Waals surface area contributed by atoms with Gasteiger partial charge in [-0.3, -0.25) is 9.59 Å². The standard InChI is InChI=1S/C19H24N4O4S/c1-20-28(26,27)15-11-17(22(2)12-15)19(25)21-16(14-7-4-3-5-8-14)13-23-10-6-9-18(23)24/h3-5,7-8,11-12,16,20H,6,9-10,13H2,1-2H3,(H,21,25)/t16-/m0/s1. The van der Waals surface area contributed by atoms with E-state index in [1.54, 1.807) is 11.9 Å². The van der Waals surface area contributed by atoms with Gasteiger partial charge in [0.2, 0.25) is 15.9 Å². The Balaban J connectivity index is 1.84. The third-order valence-corrected chi connectivity index (χ3v) is 6.25. The molecule has 0 radical (unpaired) electrons. The van der Waals surface area contributed by atoms with Gasteiger partial charge in [-0.15, -0.1) is 0 Å². The van der Waals surface area contributed by atoms with E-state index < -0.39 is 22.0 Å². The van der Waals surface area contributed by atoms with E-state index in [0.29, 0.717) is 19.5 Å². The minimum absolute atomic E-state index is 0.0219. The number of amides is 2. The van der Waals surface area contributed by atoms with Crippen LogP contribution >= 0.6 is 0 Å². The molecule has 1 aliphatic heterocycles. The number of benzene rings is 1. The van der Waals surface area contributed by atoms with Crippen LogP contribution in [0.2, 0.25) is 0 Å². The molecule has 1 saturated heterocycles. The van der Waals surface area contributed by atoms with Gasteiger partial charge in [0.05, 0.1) is 6.04 Å². The molecule has 2 amide bonds. The molecule has 1 fully saturated rings. The summed E-state index contributed by atoms with van der Waals surface area (Å²) < 4.78 is 27.7. The highest BCUT2D eigenvalue weighted by atomic mass is 32.2. The molecule has 1 aromatic carbocycles. The van der Waals surface area contributed by atoms with E-state index in [1.165, 1.54) is 23.9 Å². The molecule has 28 heavy (non-hydrogen) atoms. The number of hydrogen-bond donors (Lipinski definition) is 2. The summed E-state index contributed by atoms with van der Waals surface area (Å²) in [6.45, 7) is 1.05. The maximum atomic E-state index is 12.9. The zero-order chi connectivity index (χ0) is 20.3. The van der Waals surface area contributed by atoms with E-state index in [0.717, 1.165) is 12.0 Å². The molecule has 1 atom stereocenters. The lowest BCUT2D eigenvalue weighted by molar-refractivity contribution is -0.128. The predicted octanol–water partition coefficient (Wildman–Crippen LogP) is 1.03. The van der Waals surface area contributed by atoms with Crippen molar-refractivity contribution in [3.8, 4) is 0 Å². The van der Waals surface area contributed by atoms with Gasteiger partial charge in [0.25, 0.3) is 5.91 Å². The molecule has 2 aromatic rings. The van der Waals surface area contributed by atoms with Gasteiger partial charge in [-0.2, -0.15) is 0 Å². The normalized spacial score (nSPS) is 15.6. The van der Waals surface area contributed by atoms with Crippen molar-refractivity contribution in [3.63, 3.8) is 0 Å². The third kappa shape index (κ3) is 4.26. The van der Waals surface area contributed by atoms with Crippen molar-refractivity contribution in [1.82, 2.24) is 19.5 Å². The lowest BCUT2D eigenvalue weighted by Crippen LogP contribution is -2.39. The molecular weight excluding hydrogens is 380 g/mol. The molecule has 9 heteroatoms. The van der Waals surface area contributed by atoms with Gasteiger partial charge in [-0.05, 0) is 25.1 Å². The Kier molecular flexibility index (Phi) is 5.85. The molecule has 2 heterocycles. The number of aromatic nitrogens is 1. The summed E-state index contributed by atoms with van der Waals surface area (Å²) in [7, 11) is -0.707. The van der Waals surface area contributed by atoms with Crippen molar-refractivity contribution in [3.05, 3.63) is 53.9 Å². The van der Waals surface area contributed by atoms with Crippen LogP contribution in [0.1, 0.15) is 34.9 Å². The molecule has 2 N–H and O–H groups in total. The van der Waals surface area contributed by atoms with Crippen molar-refractivity contribution in [2.45, 2.75) is 23.8 Å². The fourth-order valence-electron chi connectivity index (χ4n) is 3.29. The molecule has 150 valence electrons. The van der Waals surface area contributed by atoms with Crippen LogP contribution in [0, 0.1) is 0 Å². The Morgan fingerprint density at radius 3 is 2.57 bits per heavy atom. The Labute approximate surface area is 164 Å². The Hall–Kier alpha value is -2.65. The Bertz CT molecular complexity index is 969. The number of nitrogens with one attached hydrogen (secondary N) is 2. The van der Waals surface area contributed by atoms with E-state index >= 15 is 0 Å². The largest absolute Gasteiger partial charge is 0.345 e.